The topological polar surface area (TPSA) is 23.8 Å². The van der Waals surface area contributed by atoms with E-state index in [-0.39, 0.29) is 17.9 Å². The number of alkyl halides is 1. The van der Waals surface area contributed by atoms with Crippen LogP contribution in [0.5, 0.6) is 0 Å². The van der Waals surface area contributed by atoms with Gasteiger partial charge < -0.3 is 0 Å². The van der Waals surface area contributed by atoms with Gasteiger partial charge in [-0.3, -0.25) is 0 Å². The van der Waals surface area contributed by atoms with E-state index in [1.807, 2.05) is 6.07 Å². The third-order valence-corrected chi connectivity index (χ3v) is 2.22. The predicted octanol–water partition coefficient (Wildman–Crippen LogP) is 2.89. The van der Waals surface area contributed by atoms with Gasteiger partial charge in [-0.25, -0.2) is 8.78 Å². The van der Waals surface area contributed by atoms with Crippen LogP contribution in [0.4, 0.5) is 8.78 Å². The molecule has 0 fully saturated rings. The normalized spacial score (nSPS) is 12.1. The molecule has 0 aliphatic heterocycles. The summed E-state index contributed by atoms with van der Waals surface area (Å²) in [6.45, 7) is 0. The summed E-state index contributed by atoms with van der Waals surface area (Å²) in [5.41, 5.74) is 0.192. The second-order valence-electron chi connectivity index (χ2n) is 2.92. The van der Waals surface area contributed by atoms with Gasteiger partial charge in [-0.05, 0) is 30.2 Å². The van der Waals surface area contributed by atoms with Crippen LogP contribution < -0.4 is 0 Å². The molecule has 4 heteroatoms. The molecule has 1 aromatic rings. The van der Waals surface area contributed by atoms with Crippen molar-refractivity contribution in [3.8, 4) is 6.07 Å². The van der Waals surface area contributed by atoms with Crippen molar-refractivity contribution >= 4 is 11.6 Å². The molecule has 0 saturated heterocycles. The van der Waals surface area contributed by atoms with Crippen LogP contribution in [0, 0.1) is 28.9 Å². The quantitative estimate of drug-likeness (QED) is 0.712. The first-order valence-corrected chi connectivity index (χ1v) is 4.60. The maximum absolute atomic E-state index is 13.1. The first-order valence-electron chi connectivity index (χ1n) is 4.07. The fourth-order valence-electron chi connectivity index (χ4n) is 1.10. The molecule has 0 saturated carbocycles. The maximum Gasteiger partial charge on any atom is 0.126 e. The summed E-state index contributed by atoms with van der Waals surface area (Å²) in [4.78, 5) is 0. The second-order valence-corrected chi connectivity index (χ2v) is 3.23. The van der Waals surface area contributed by atoms with Crippen molar-refractivity contribution in [1.82, 2.24) is 0 Å². The fourth-order valence-corrected chi connectivity index (χ4v) is 1.28. The molecule has 1 aromatic carbocycles. The molecular weight excluding hydrogens is 208 g/mol. The molecule has 0 spiro atoms. The molecule has 14 heavy (non-hydrogen) atoms. The van der Waals surface area contributed by atoms with Crippen LogP contribution in [0.3, 0.4) is 0 Å². The molecule has 0 aliphatic carbocycles. The molecule has 1 nitrogen and oxygen atoms in total. The molecule has 0 bridgehead atoms. The van der Waals surface area contributed by atoms with E-state index < -0.39 is 17.6 Å². The summed E-state index contributed by atoms with van der Waals surface area (Å²) >= 11 is 5.47. The van der Waals surface area contributed by atoms with E-state index >= 15 is 0 Å². The number of nitrogens with zero attached hydrogens (tertiary/aromatic N) is 1. The maximum atomic E-state index is 13.1. The van der Waals surface area contributed by atoms with E-state index in [1.165, 1.54) is 0 Å². The minimum atomic E-state index is -0.507. The van der Waals surface area contributed by atoms with Crippen molar-refractivity contribution in [2.75, 3.05) is 5.88 Å². The van der Waals surface area contributed by atoms with Gasteiger partial charge >= 0.3 is 0 Å². The van der Waals surface area contributed by atoms with Gasteiger partial charge in [0, 0.05) is 5.88 Å². The van der Waals surface area contributed by atoms with Gasteiger partial charge in [0.15, 0.2) is 0 Å². The van der Waals surface area contributed by atoms with Crippen LogP contribution in [0.25, 0.3) is 0 Å². The van der Waals surface area contributed by atoms with Gasteiger partial charge in [0.1, 0.15) is 11.6 Å². The Labute approximate surface area is 85.9 Å². The Morgan fingerprint density at radius 3 is 2.71 bits per heavy atom. The van der Waals surface area contributed by atoms with Crippen molar-refractivity contribution in [2.24, 2.45) is 5.92 Å². The zero-order valence-corrected chi connectivity index (χ0v) is 8.06. The fraction of sp³-hybridized carbons (Fsp3) is 0.300. The molecule has 1 atom stereocenters. The highest BCUT2D eigenvalue weighted by Gasteiger charge is 2.11. The van der Waals surface area contributed by atoms with Gasteiger partial charge in [-0.1, -0.05) is 0 Å². The number of nitriles is 1. The Morgan fingerprint density at radius 1 is 1.43 bits per heavy atom. The number of hydrogen-bond acceptors (Lipinski definition) is 1. The number of rotatable bonds is 3. The van der Waals surface area contributed by atoms with Crippen LogP contribution in [0.15, 0.2) is 18.2 Å². The summed E-state index contributed by atoms with van der Waals surface area (Å²) in [5, 5.41) is 8.60. The zero-order valence-electron chi connectivity index (χ0n) is 7.30. The third-order valence-electron chi connectivity index (χ3n) is 1.84. The van der Waals surface area contributed by atoms with Gasteiger partial charge in [0.2, 0.25) is 0 Å². The average Bonchev–Trinajstić information content (AvgIpc) is 2.19. The zero-order chi connectivity index (χ0) is 10.6. The highest BCUT2D eigenvalue weighted by Crippen LogP contribution is 2.15. The number of halogens is 3. The van der Waals surface area contributed by atoms with Gasteiger partial charge in [-0.15, -0.1) is 11.6 Å². The molecule has 0 amide bonds. The Morgan fingerprint density at radius 2 is 2.14 bits per heavy atom. The van der Waals surface area contributed by atoms with Gasteiger partial charge in [0.05, 0.1) is 12.0 Å². The Kier molecular flexibility index (Phi) is 3.84. The van der Waals surface area contributed by atoms with Gasteiger partial charge in [0.25, 0.3) is 0 Å². The number of hydrogen-bond donors (Lipinski definition) is 0. The molecular formula is C10H8ClF2N. The largest absolute Gasteiger partial charge is 0.207 e. The van der Waals surface area contributed by atoms with Gasteiger partial charge in [-0.2, -0.15) is 5.26 Å². The molecule has 1 rings (SSSR count). The van der Waals surface area contributed by atoms with Crippen molar-refractivity contribution < 1.29 is 8.78 Å². The van der Waals surface area contributed by atoms with E-state index in [0.717, 1.165) is 18.2 Å². The summed E-state index contributed by atoms with van der Waals surface area (Å²) < 4.78 is 25.8. The Balaban J connectivity index is 2.86. The third kappa shape index (κ3) is 2.68. The molecule has 0 N–H and O–H groups in total. The van der Waals surface area contributed by atoms with E-state index in [4.69, 9.17) is 16.9 Å². The molecule has 74 valence electrons. The lowest BCUT2D eigenvalue weighted by Gasteiger charge is -2.05. The van der Waals surface area contributed by atoms with Crippen LogP contribution in [-0.2, 0) is 6.42 Å². The van der Waals surface area contributed by atoms with Crippen LogP contribution in [0.1, 0.15) is 5.56 Å². The van der Waals surface area contributed by atoms with Crippen molar-refractivity contribution in [2.45, 2.75) is 6.42 Å². The van der Waals surface area contributed by atoms with Crippen LogP contribution >= 0.6 is 11.6 Å². The lowest BCUT2D eigenvalue weighted by atomic mass is 10.0. The molecule has 0 radical (unpaired) electrons. The summed E-state index contributed by atoms with van der Waals surface area (Å²) in [6.07, 6.45) is 0.142. The predicted molar refractivity (Wildman–Crippen MR) is 49.9 cm³/mol. The Bertz CT molecular complexity index is 360. The summed E-state index contributed by atoms with van der Waals surface area (Å²) in [5.74, 6) is -1.37. The van der Waals surface area contributed by atoms with E-state index in [9.17, 15) is 8.78 Å². The van der Waals surface area contributed by atoms with Crippen molar-refractivity contribution in [3.05, 3.63) is 35.4 Å². The minimum Gasteiger partial charge on any atom is -0.207 e. The highest BCUT2D eigenvalue weighted by atomic mass is 35.5. The monoisotopic (exact) mass is 215 g/mol. The average molecular weight is 216 g/mol. The molecule has 0 aliphatic rings. The first kappa shape index (κ1) is 10.9. The van der Waals surface area contributed by atoms with E-state index in [2.05, 4.69) is 0 Å². The molecule has 1 unspecified atom stereocenters. The van der Waals surface area contributed by atoms with Crippen LogP contribution in [-0.4, -0.2) is 5.88 Å². The SMILES string of the molecule is N#CC(CCl)Cc1cc(F)ccc1F. The lowest BCUT2D eigenvalue weighted by molar-refractivity contribution is 0.574. The van der Waals surface area contributed by atoms with Crippen LogP contribution in [0.2, 0.25) is 0 Å². The smallest absolute Gasteiger partial charge is 0.126 e. The summed E-state index contributed by atoms with van der Waals surface area (Å²) in [7, 11) is 0. The summed E-state index contributed by atoms with van der Waals surface area (Å²) in [6, 6.07) is 5.11. The molecule has 0 heterocycles. The number of benzene rings is 1. The minimum absolute atomic E-state index is 0.118. The lowest BCUT2D eigenvalue weighted by Crippen LogP contribution is -2.05. The first-order chi connectivity index (χ1) is 6.67. The highest BCUT2D eigenvalue weighted by molar-refractivity contribution is 6.18. The van der Waals surface area contributed by atoms with E-state index in [1.54, 1.807) is 0 Å². The van der Waals surface area contributed by atoms with Crippen molar-refractivity contribution in [3.63, 3.8) is 0 Å². The standard InChI is InChI=1S/C10H8ClF2N/c11-5-7(6-14)3-8-4-9(12)1-2-10(8)13/h1-2,4,7H,3,5H2. The second kappa shape index (κ2) is 4.92. The van der Waals surface area contributed by atoms with E-state index in [0.29, 0.717) is 0 Å². The molecule has 0 aromatic heterocycles. The Hall–Kier alpha value is -1.14. The van der Waals surface area contributed by atoms with Crippen molar-refractivity contribution in [1.29, 1.82) is 5.26 Å².